The summed E-state index contributed by atoms with van der Waals surface area (Å²) < 4.78 is 3.64. The Kier molecular flexibility index (Phi) is 6.23. The van der Waals surface area contributed by atoms with E-state index >= 15 is 0 Å². The highest BCUT2D eigenvalue weighted by Crippen LogP contribution is 2.31. The average Bonchev–Trinajstić information content (AvgIpc) is 3.47. The second-order valence-electron chi connectivity index (χ2n) is 6.85. The number of nitrogens with one attached hydrogen (secondary N) is 2. The van der Waals surface area contributed by atoms with Gasteiger partial charge in [0.25, 0.3) is 0 Å². The van der Waals surface area contributed by atoms with Crippen molar-refractivity contribution in [1.82, 2.24) is 19.1 Å². The zero-order valence-corrected chi connectivity index (χ0v) is 19.6. The molecule has 2 unspecified atom stereocenters. The molecule has 4 aromatic heterocycles. The van der Waals surface area contributed by atoms with E-state index in [1.165, 1.54) is 45.3 Å². The second-order valence-corrected chi connectivity index (χ2v) is 11.2. The Morgan fingerprint density at radius 1 is 0.900 bits per heavy atom. The summed E-state index contributed by atoms with van der Waals surface area (Å²) >= 11 is 5.71. The molecule has 0 amide bonds. The van der Waals surface area contributed by atoms with Crippen LogP contribution in [0, 0.1) is 24.7 Å². The molecule has 0 spiro atoms. The van der Waals surface area contributed by atoms with E-state index in [-0.39, 0.29) is 5.78 Å². The topological polar surface area (TPSA) is 100 Å². The Hall–Kier alpha value is -2.21. The molecule has 4 aromatic rings. The van der Waals surface area contributed by atoms with Crippen molar-refractivity contribution >= 4 is 51.1 Å². The van der Waals surface area contributed by atoms with Crippen molar-refractivity contribution in [2.75, 3.05) is 0 Å². The smallest absolute Gasteiger partial charge is 0.182 e. The van der Waals surface area contributed by atoms with Crippen molar-refractivity contribution in [3.8, 4) is 0 Å². The minimum absolute atomic E-state index is 0.0198. The number of thiazole rings is 4. The van der Waals surface area contributed by atoms with E-state index in [0.29, 0.717) is 22.7 Å². The van der Waals surface area contributed by atoms with Gasteiger partial charge in [-0.3, -0.25) is 15.6 Å². The maximum absolute atomic E-state index is 13.9. The average molecular weight is 477 g/mol. The Bertz CT molecular complexity index is 1150. The molecule has 11 heteroatoms. The highest BCUT2D eigenvalue weighted by atomic mass is 32.1. The van der Waals surface area contributed by atoms with Crippen molar-refractivity contribution < 1.29 is 4.79 Å². The van der Waals surface area contributed by atoms with Crippen molar-refractivity contribution in [2.45, 2.75) is 38.8 Å². The Morgan fingerprint density at radius 2 is 1.33 bits per heavy atom. The van der Waals surface area contributed by atoms with Crippen LogP contribution in [0.25, 0.3) is 0 Å². The number of ketones is 1. The lowest BCUT2D eigenvalue weighted by Crippen LogP contribution is -2.30. The van der Waals surface area contributed by atoms with Gasteiger partial charge in [-0.1, -0.05) is 0 Å². The molecule has 0 aliphatic rings. The first-order chi connectivity index (χ1) is 14.4. The number of rotatable bonds is 8. The van der Waals surface area contributed by atoms with Gasteiger partial charge in [0.15, 0.2) is 15.4 Å². The lowest BCUT2D eigenvalue weighted by molar-refractivity contribution is -0.122. The Morgan fingerprint density at radius 3 is 1.63 bits per heavy atom. The standard InChI is InChI=1S/C19H20N6OS4/c1-11-7-24(18(20)29-11)9-13(16-22-3-5-27-16)15(26)14(17-23-4-6-28-17)10-25-8-12(2)30-19(25)21/h3-8,13-14,20-21H,9-10H2,1-2H3. The van der Waals surface area contributed by atoms with Gasteiger partial charge in [-0.15, -0.1) is 45.3 Å². The third kappa shape index (κ3) is 4.43. The highest BCUT2D eigenvalue weighted by molar-refractivity contribution is 7.10. The van der Waals surface area contributed by atoms with Crippen LogP contribution in [0.3, 0.4) is 0 Å². The van der Waals surface area contributed by atoms with Crippen LogP contribution < -0.4 is 9.60 Å². The molecule has 4 rings (SSSR count). The largest absolute Gasteiger partial charge is 0.323 e. The first-order valence-electron chi connectivity index (χ1n) is 9.18. The maximum Gasteiger partial charge on any atom is 0.182 e. The summed E-state index contributed by atoms with van der Waals surface area (Å²) in [4.78, 5) is 25.6. The van der Waals surface area contributed by atoms with Crippen molar-refractivity contribution in [2.24, 2.45) is 0 Å². The molecule has 2 atom stereocenters. The van der Waals surface area contributed by atoms with Crippen LogP contribution >= 0.6 is 45.3 Å². The third-order valence-electron chi connectivity index (χ3n) is 4.66. The minimum Gasteiger partial charge on any atom is -0.323 e. The number of hydrogen-bond acceptors (Lipinski definition) is 9. The molecule has 0 fully saturated rings. The maximum atomic E-state index is 13.9. The molecule has 2 N–H and O–H groups in total. The first-order valence-corrected chi connectivity index (χ1v) is 12.6. The van der Waals surface area contributed by atoms with Crippen LogP contribution in [0.4, 0.5) is 0 Å². The fraction of sp³-hybridized carbons (Fsp3) is 0.316. The van der Waals surface area contributed by atoms with E-state index in [1.54, 1.807) is 12.4 Å². The Balaban J connectivity index is 1.72. The van der Waals surface area contributed by atoms with Crippen molar-refractivity contribution in [1.29, 1.82) is 10.8 Å². The number of nitrogens with zero attached hydrogens (tertiary/aromatic N) is 4. The zero-order chi connectivity index (χ0) is 21.3. The van der Waals surface area contributed by atoms with Gasteiger partial charge < -0.3 is 9.13 Å². The van der Waals surface area contributed by atoms with Gasteiger partial charge >= 0.3 is 0 Å². The molecule has 0 radical (unpaired) electrons. The van der Waals surface area contributed by atoms with Gasteiger partial charge in [-0.25, -0.2) is 9.97 Å². The summed E-state index contributed by atoms with van der Waals surface area (Å²) in [5, 5.41) is 21.7. The van der Waals surface area contributed by atoms with Gasteiger partial charge in [0.05, 0.1) is 11.8 Å². The predicted octanol–water partition coefficient (Wildman–Crippen LogP) is 3.74. The van der Waals surface area contributed by atoms with Crippen LogP contribution in [0.1, 0.15) is 31.6 Å². The zero-order valence-electron chi connectivity index (χ0n) is 16.4. The van der Waals surface area contributed by atoms with Gasteiger partial charge in [-0.2, -0.15) is 0 Å². The second kappa shape index (κ2) is 8.88. The van der Waals surface area contributed by atoms with Gasteiger partial charge in [0.1, 0.15) is 10.0 Å². The summed E-state index contributed by atoms with van der Waals surface area (Å²) in [5.41, 5.74) is 0. The minimum atomic E-state index is -0.475. The Labute approximate surface area is 189 Å². The predicted molar refractivity (Wildman–Crippen MR) is 121 cm³/mol. The summed E-state index contributed by atoms with van der Waals surface area (Å²) in [6, 6.07) is 0. The van der Waals surface area contributed by atoms with Crippen LogP contribution in [0.5, 0.6) is 0 Å². The molecule has 0 saturated heterocycles. The van der Waals surface area contributed by atoms with E-state index in [2.05, 4.69) is 9.97 Å². The lowest BCUT2D eigenvalue weighted by atomic mass is 9.92. The number of carbonyl (C=O) groups is 1. The van der Waals surface area contributed by atoms with Crippen LogP contribution in [-0.4, -0.2) is 24.9 Å². The van der Waals surface area contributed by atoms with E-state index in [0.717, 1.165) is 19.8 Å². The molecular weight excluding hydrogens is 457 g/mol. The monoisotopic (exact) mass is 476 g/mol. The van der Waals surface area contributed by atoms with E-state index in [9.17, 15) is 4.79 Å². The summed E-state index contributed by atoms with van der Waals surface area (Å²) in [5.74, 6) is -0.931. The lowest BCUT2D eigenvalue weighted by Gasteiger charge is -2.21. The molecule has 0 bridgehead atoms. The van der Waals surface area contributed by atoms with Crippen molar-refractivity contribution in [3.63, 3.8) is 0 Å². The van der Waals surface area contributed by atoms with Crippen LogP contribution in [-0.2, 0) is 17.9 Å². The number of aryl methyl sites for hydroxylation is 2. The normalized spacial score (nSPS) is 13.4. The molecular formula is C19H20N6OS4. The first kappa shape index (κ1) is 21.0. The number of aromatic nitrogens is 4. The van der Waals surface area contributed by atoms with E-state index in [1.807, 2.05) is 46.1 Å². The molecule has 0 aliphatic heterocycles. The number of hydrogen-bond donors (Lipinski definition) is 2. The molecule has 0 aliphatic carbocycles. The van der Waals surface area contributed by atoms with Gasteiger partial charge in [0.2, 0.25) is 0 Å². The molecule has 30 heavy (non-hydrogen) atoms. The molecule has 4 heterocycles. The molecule has 156 valence electrons. The van der Waals surface area contributed by atoms with Gasteiger partial charge in [-0.05, 0) is 13.8 Å². The fourth-order valence-electron chi connectivity index (χ4n) is 3.33. The molecule has 7 nitrogen and oxygen atoms in total. The summed E-state index contributed by atoms with van der Waals surface area (Å²) in [7, 11) is 0. The van der Waals surface area contributed by atoms with Crippen molar-refractivity contribution in [3.05, 3.63) is 64.9 Å². The van der Waals surface area contributed by atoms with E-state index in [4.69, 9.17) is 10.8 Å². The van der Waals surface area contributed by atoms with Crippen LogP contribution in [0.2, 0.25) is 0 Å². The summed E-state index contributed by atoms with van der Waals surface area (Å²) in [6.45, 7) is 4.67. The third-order valence-corrected chi connectivity index (χ3v) is 8.15. The molecule has 0 aromatic carbocycles. The van der Waals surface area contributed by atoms with E-state index < -0.39 is 11.8 Å². The fourth-order valence-corrected chi connectivity index (χ4v) is 6.27. The number of Topliss-reactive ketones (excluding diaryl/α,β-unsaturated/α-hetero) is 1. The number of carbonyl (C=O) groups excluding carboxylic acids is 1. The van der Waals surface area contributed by atoms with Crippen LogP contribution in [0.15, 0.2) is 35.5 Å². The highest BCUT2D eigenvalue weighted by Gasteiger charge is 2.33. The molecule has 0 saturated carbocycles. The summed E-state index contributed by atoms with van der Waals surface area (Å²) in [6.07, 6.45) is 7.25. The SMILES string of the molecule is Cc1cn(CC(C(=O)C(Cn2cc(C)sc2=N)c2nccs2)c2nccs2)c(=N)s1. The van der Waals surface area contributed by atoms with Gasteiger partial charge in [0, 0.05) is 58.4 Å². The quantitative estimate of drug-likeness (QED) is 0.405.